The van der Waals surface area contributed by atoms with Crippen molar-refractivity contribution in [3.05, 3.63) is 0 Å². The predicted molar refractivity (Wildman–Crippen MR) is 41.0 cm³/mol. The highest BCUT2D eigenvalue weighted by atomic mass is 16.5. The number of carbonyl (C=O) groups excluding carboxylic acids is 1. The summed E-state index contributed by atoms with van der Waals surface area (Å²) in [5.41, 5.74) is -0.158. The molecule has 0 aromatic heterocycles. The van der Waals surface area contributed by atoms with Crippen LogP contribution < -0.4 is 0 Å². The van der Waals surface area contributed by atoms with E-state index < -0.39 is 0 Å². The third kappa shape index (κ3) is 0.815. The smallest absolute Gasteiger partial charge is 0.312 e. The molecule has 0 N–H and O–H groups in total. The van der Waals surface area contributed by atoms with Crippen LogP contribution in [0, 0.1) is 11.3 Å². The molecule has 3 unspecified atom stereocenters. The van der Waals surface area contributed by atoms with Gasteiger partial charge in [-0.3, -0.25) is 4.79 Å². The van der Waals surface area contributed by atoms with Crippen LogP contribution in [0.5, 0.6) is 0 Å². The maximum Gasteiger partial charge on any atom is 0.312 e. The number of carbonyl (C=O) groups is 1. The second kappa shape index (κ2) is 1.99. The molecule has 0 aromatic carbocycles. The van der Waals surface area contributed by atoms with E-state index in [0.29, 0.717) is 5.92 Å². The van der Waals surface area contributed by atoms with E-state index in [-0.39, 0.29) is 17.5 Å². The lowest BCUT2D eigenvalue weighted by Gasteiger charge is -2.46. The molecular formula is C9H14O2. The Labute approximate surface area is 66.9 Å². The molecule has 3 atom stereocenters. The topological polar surface area (TPSA) is 26.3 Å². The SMILES string of the molecule is CC1CC2CCC1(C)C(=O)O2. The summed E-state index contributed by atoms with van der Waals surface area (Å²) in [7, 11) is 0. The first-order valence-corrected chi connectivity index (χ1v) is 4.34. The highest BCUT2D eigenvalue weighted by molar-refractivity contribution is 5.78. The fourth-order valence-electron chi connectivity index (χ4n) is 2.18. The van der Waals surface area contributed by atoms with Crippen molar-refractivity contribution in [2.24, 2.45) is 11.3 Å². The van der Waals surface area contributed by atoms with Gasteiger partial charge in [-0.1, -0.05) is 6.92 Å². The van der Waals surface area contributed by atoms with E-state index in [1.165, 1.54) is 0 Å². The van der Waals surface area contributed by atoms with E-state index in [4.69, 9.17) is 4.74 Å². The van der Waals surface area contributed by atoms with Gasteiger partial charge in [0.1, 0.15) is 6.10 Å². The summed E-state index contributed by atoms with van der Waals surface area (Å²) in [6.07, 6.45) is 3.41. The largest absolute Gasteiger partial charge is 0.462 e. The summed E-state index contributed by atoms with van der Waals surface area (Å²) >= 11 is 0. The average Bonchev–Trinajstić information content (AvgIpc) is 1.94. The molecule has 3 rings (SSSR count). The Kier molecular flexibility index (Phi) is 1.29. The van der Waals surface area contributed by atoms with Gasteiger partial charge in [0.05, 0.1) is 5.41 Å². The monoisotopic (exact) mass is 154 g/mol. The van der Waals surface area contributed by atoms with Gasteiger partial charge in [-0.15, -0.1) is 0 Å². The van der Waals surface area contributed by atoms with Crippen molar-refractivity contribution < 1.29 is 9.53 Å². The summed E-state index contributed by atoms with van der Waals surface area (Å²) in [5, 5.41) is 0. The van der Waals surface area contributed by atoms with Gasteiger partial charge in [-0.25, -0.2) is 0 Å². The van der Waals surface area contributed by atoms with Gasteiger partial charge in [-0.2, -0.15) is 0 Å². The number of rotatable bonds is 0. The molecule has 1 aliphatic carbocycles. The van der Waals surface area contributed by atoms with Crippen molar-refractivity contribution in [3.63, 3.8) is 0 Å². The molecule has 2 aliphatic heterocycles. The molecule has 0 radical (unpaired) electrons. The first kappa shape index (κ1) is 7.14. The Hall–Kier alpha value is -0.530. The normalized spacial score (nSPS) is 49.1. The maximum atomic E-state index is 11.4. The molecule has 2 bridgehead atoms. The Morgan fingerprint density at radius 3 is 2.82 bits per heavy atom. The number of hydrogen-bond acceptors (Lipinski definition) is 2. The van der Waals surface area contributed by atoms with Gasteiger partial charge in [0.15, 0.2) is 0 Å². The zero-order valence-electron chi connectivity index (χ0n) is 7.09. The summed E-state index contributed by atoms with van der Waals surface area (Å²) in [4.78, 5) is 11.4. The fourth-order valence-corrected chi connectivity index (χ4v) is 2.18. The quantitative estimate of drug-likeness (QED) is 0.497. The van der Waals surface area contributed by atoms with E-state index in [1.54, 1.807) is 0 Å². The number of fused-ring (bicyclic) bond motifs is 3. The molecule has 3 aliphatic rings. The van der Waals surface area contributed by atoms with E-state index in [2.05, 4.69) is 6.92 Å². The van der Waals surface area contributed by atoms with Crippen LogP contribution in [-0.4, -0.2) is 12.1 Å². The third-order valence-corrected chi connectivity index (χ3v) is 3.43. The lowest BCUT2D eigenvalue weighted by atomic mass is 9.65. The van der Waals surface area contributed by atoms with Crippen LogP contribution in [0.4, 0.5) is 0 Å². The van der Waals surface area contributed by atoms with Crippen LogP contribution in [0.25, 0.3) is 0 Å². The van der Waals surface area contributed by atoms with E-state index in [1.807, 2.05) is 6.92 Å². The molecule has 0 spiro atoms. The number of ether oxygens (including phenoxy) is 1. The van der Waals surface area contributed by atoms with Crippen molar-refractivity contribution in [1.29, 1.82) is 0 Å². The summed E-state index contributed by atoms with van der Waals surface area (Å²) in [5.74, 6) is 0.551. The lowest BCUT2D eigenvalue weighted by Crippen LogP contribution is -2.50. The zero-order chi connectivity index (χ0) is 8.06. The molecule has 1 saturated carbocycles. The molecule has 2 nitrogen and oxygen atoms in total. The minimum absolute atomic E-state index is 0.0347. The summed E-state index contributed by atoms with van der Waals surface area (Å²) in [6.45, 7) is 4.20. The average molecular weight is 154 g/mol. The third-order valence-electron chi connectivity index (χ3n) is 3.43. The number of hydrogen-bond donors (Lipinski definition) is 0. The predicted octanol–water partition coefficient (Wildman–Crippen LogP) is 1.74. The van der Waals surface area contributed by atoms with Crippen LogP contribution in [0.1, 0.15) is 33.1 Å². The Bertz CT molecular complexity index is 200. The lowest BCUT2D eigenvalue weighted by molar-refractivity contribution is -0.187. The van der Waals surface area contributed by atoms with Gasteiger partial charge in [-0.05, 0) is 32.1 Å². The van der Waals surface area contributed by atoms with Gasteiger partial charge in [0, 0.05) is 0 Å². The van der Waals surface area contributed by atoms with Gasteiger partial charge in [0.25, 0.3) is 0 Å². The van der Waals surface area contributed by atoms with Crippen LogP contribution in [0.15, 0.2) is 0 Å². The molecule has 0 amide bonds. The molecule has 11 heavy (non-hydrogen) atoms. The van der Waals surface area contributed by atoms with Gasteiger partial charge in [0.2, 0.25) is 0 Å². The summed E-state index contributed by atoms with van der Waals surface area (Å²) in [6, 6.07) is 0. The second-order valence-corrected chi connectivity index (χ2v) is 4.12. The van der Waals surface area contributed by atoms with Crippen molar-refractivity contribution in [3.8, 4) is 0 Å². The van der Waals surface area contributed by atoms with Crippen molar-refractivity contribution in [2.75, 3.05) is 0 Å². The summed E-state index contributed by atoms with van der Waals surface area (Å²) < 4.78 is 5.22. The number of esters is 1. The Balaban J connectivity index is 2.30. The van der Waals surface area contributed by atoms with Crippen LogP contribution in [-0.2, 0) is 9.53 Å². The highest BCUT2D eigenvalue weighted by Crippen LogP contribution is 2.47. The molecule has 2 saturated heterocycles. The van der Waals surface area contributed by atoms with Crippen molar-refractivity contribution in [1.82, 2.24) is 0 Å². The minimum Gasteiger partial charge on any atom is -0.462 e. The molecule has 0 aromatic rings. The highest BCUT2D eigenvalue weighted by Gasteiger charge is 2.50. The standard InChI is InChI=1S/C9H14O2/c1-6-5-7-3-4-9(6,2)8(10)11-7/h6-7H,3-5H2,1-2H3. The minimum atomic E-state index is -0.158. The van der Waals surface area contributed by atoms with Gasteiger partial charge >= 0.3 is 5.97 Å². The van der Waals surface area contributed by atoms with Gasteiger partial charge < -0.3 is 4.74 Å². The van der Waals surface area contributed by atoms with Crippen LogP contribution in [0.2, 0.25) is 0 Å². The zero-order valence-corrected chi connectivity index (χ0v) is 7.09. The fraction of sp³-hybridized carbons (Fsp3) is 0.889. The van der Waals surface area contributed by atoms with Crippen molar-refractivity contribution in [2.45, 2.75) is 39.2 Å². The molecular weight excluding hydrogens is 140 g/mol. The Morgan fingerprint density at radius 1 is 1.64 bits per heavy atom. The first-order valence-electron chi connectivity index (χ1n) is 4.34. The Morgan fingerprint density at radius 2 is 2.36 bits per heavy atom. The van der Waals surface area contributed by atoms with Crippen molar-refractivity contribution >= 4 is 5.97 Å². The molecule has 62 valence electrons. The maximum absolute atomic E-state index is 11.4. The molecule has 2 heterocycles. The molecule has 2 heteroatoms. The van der Waals surface area contributed by atoms with E-state index in [0.717, 1.165) is 19.3 Å². The molecule has 3 fully saturated rings. The van der Waals surface area contributed by atoms with Crippen LogP contribution in [0.3, 0.4) is 0 Å². The van der Waals surface area contributed by atoms with E-state index in [9.17, 15) is 4.79 Å². The van der Waals surface area contributed by atoms with Crippen LogP contribution >= 0.6 is 0 Å². The second-order valence-electron chi connectivity index (χ2n) is 4.12. The first-order chi connectivity index (χ1) is 5.13. The van der Waals surface area contributed by atoms with E-state index >= 15 is 0 Å².